The average Bonchev–Trinajstić information content (AvgIpc) is 2.94. The number of benzene rings is 3. The van der Waals surface area contributed by atoms with Crippen molar-refractivity contribution in [1.82, 2.24) is 4.90 Å². The van der Waals surface area contributed by atoms with E-state index in [1.165, 1.54) is 17.2 Å². The highest BCUT2D eigenvalue weighted by Gasteiger charge is 2.47. The van der Waals surface area contributed by atoms with Gasteiger partial charge in [-0.3, -0.25) is 15.0 Å². The molecule has 3 fully saturated rings. The summed E-state index contributed by atoms with van der Waals surface area (Å²) in [7, 11) is 0. The van der Waals surface area contributed by atoms with E-state index in [-0.39, 0.29) is 28.7 Å². The van der Waals surface area contributed by atoms with E-state index in [4.69, 9.17) is 24.5 Å². The molecule has 0 unspecified atom stereocenters. The third-order valence-corrected chi connectivity index (χ3v) is 7.20. The summed E-state index contributed by atoms with van der Waals surface area (Å²) >= 11 is 0. The number of carbonyl (C=O) groups is 2. The molecule has 0 amide bonds. The van der Waals surface area contributed by atoms with Crippen LogP contribution in [-0.4, -0.2) is 57.2 Å². The first-order valence-electron chi connectivity index (χ1n) is 12.5. The first kappa shape index (κ1) is 27.0. The van der Waals surface area contributed by atoms with Gasteiger partial charge in [-0.1, -0.05) is 72.8 Å². The predicted molar refractivity (Wildman–Crippen MR) is 140 cm³/mol. The van der Waals surface area contributed by atoms with Crippen LogP contribution in [0.5, 0.6) is 0 Å². The molecule has 6 rings (SSSR count). The van der Waals surface area contributed by atoms with Crippen LogP contribution in [0.1, 0.15) is 35.4 Å². The molecule has 0 aromatic heterocycles. The van der Waals surface area contributed by atoms with E-state index in [0.29, 0.717) is 12.5 Å². The lowest BCUT2D eigenvalue weighted by atomic mass is 9.72. The summed E-state index contributed by atoms with van der Waals surface area (Å²) in [6.45, 7) is 2.59. The highest BCUT2D eigenvalue weighted by atomic mass is 16.6. The van der Waals surface area contributed by atoms with Crippen LogP contribution in [0.25, 0.3) is 0 Å². The Hall–Kier alpha value is -4.08. The highest BCUT2D eigenvalue weighted by molar-refractivity contribution is 6.27. The normalized spacial score (nSPS) is 21.8. The molecule has 3 aromatic carbocycles. The van der Waals surface area contributed by atoms with Crippen molar-refractivity contribution < 1.29 is 29.5 Å². The first-order chi connectivity index (χ1) is 18.3. The minimum Gasteiger partial charge on any atom is -0.473 e. The molecule has 0 spiro atoms. The number of carboxylic acid groups (broad SMARTS) is 2. The van der Waals surface area contributed by atoms with Gasteiger partial charge < -0.3 is 14.9 Å². The molecule has 198 valence electrons. The molecule has 9 heteroatoms. The van der Waals surface area contributed by atoms with E-state index < -0.39 is 11.9 Å². The number of non-ortho nitro benzene ring substituents is 1. The maximum atomic E-state index is 11.2. The van der Waals surface area contributed by atoms with Gasteiger partial charge in [0.05, 0.1) is 17.6 Å². The number of piperidine rings is 3. The molecule has 3 aliphatic rings. The van der Waals surface area contributed by atoms with Crippen molar-refractivity contribution in [1.29, 1.82) is 0 Å². The molecule has 3 aromatic rings. The fourth-order valence-electron chi connectivity index (χ4n) is 5.53. The van der Waals surface area contributed by atoms with Crippen LogP contribution in [0.2, 0.25) is 0 Å². The van der Waals surface area contributed by atoms with E-state index >= 15 is 0 Å². The third-order valence-electron chi connectivity index (χ3n) is 7.20. The Balaban J connectivity index is 0.000000505. The standard InChI is InChI=1S/C27H28N2O3.C2H2O4/c30-29(31)24-13-7-8-20(18-24)19-32-27-23-14-16-28(17-15-23)26(27)25(21-9-3-1-4-10-21)22-11-5-2-6-12-22;3-1(4)2(5)6/h1-13,18,23,25-27H,14-17,19H2;(H,3,4)(H,5,6)/t26-,27-;/m1./s1. The molecule has 3 aliphatic heterocycles. The zero-order valence-corrected chi connectivity index (χ0v) is 20.8. The number of carboxylic acids is 2. The van der Waals surface area contributed by atoms with Crippen molar-refractivity contribution in [3.05, 3.63) is 112 Å². The van der Waals surface area contributed by atoms with Crippen molar-refractivity contribution >= 4 is 17.6 Å². The van der Waals surface area contributed by atoms with Gasteiger partial charge in [0.15, 0.2) is 0 Å². The van der Waals surface area contributed by atoms with Crippen LogP contribution in [0.15, 0.2) is 84.9 Å². The number of aliphatic carboxylic acids is 2. The summed E-state index contributed by atoms with van der Waals surface area (Å²) in [6, 6.07) is 28.5. The van der Waals surface area contributed by atoms with Crippen molar-refractivity contribution in [3.8, 4) is 0 Å². The molecule has 2 N–H and O–H groups in total. The van der Waals surface area contributed by atoms with E-state index in [0.717, 1.165) is 31.5 Å². The largest absolute Gasteiger partial charge is 0.473 e. The summed E-state index contributed by atoms with van der Waals surface area (Å²) in [6.07, 6.45) is 2.38. The molecule has 2 atom stereocenters. The summed E-state index contributed by atoms with van der Waals surface area (Å²) in [5, 5.41) is 26.0. The number of ether oxygens (including phenoxy) is 1. The van der Waals surface area contributed by atoms with Crippen molar-refractivity contribution in [3.63, 3.8) is 0 Å². The van der Waals surface area contributed by atoms with Gasteiger partial charge >= 0.3 is 11.9 Å². The fraction of sp³-hybridized carbons (Fsp3) is 0.310. The molecule has 3 heterocycles. The first-order valence-corrected chi connectivity index (χ1v) is 12.5. The van der Waals surface area contributed by atoms with Crippen LogP contribution in [-0.2, 0) is 20.9 Å². The quantitative estimate of drug-likeness (QED) is 0.264. The number of nitro benzene ring substituents is 1. The van der Waals surface area contributed by atoms with Gasteiger partial charge in [0.1, 0.15) is 0 Å². The summed E-state index contributed by atoms with van der Waals surface area (Å²) in [5.41, 5.74) is 3.58. The number of fused-ring (bicyclic) bond motifs is 3. The van der Waals surface area contributed by atoms with E-state index in [1.807, 2.05) is 6.07 Å². The van der Waals surface area contributed by atoms with Gasteiger partial charge in [0.2, 0.25) is 0 Å². The summed E-state index contributed by atoms with van der Waals surface area (Å²) in [5.74, 6) is -2.92. The van der Waals surface area contributed by atoms with Gasteiger partial charge in [0.25, 0.3) is 5.69 Å². The number of hydrogen-bond donors (Lipinski definition) is 2. The minimum atomic E-state index is -1.82. The van der Waals surface area contributed by atoms with Crippen LogP contribution < -0.4 is 0 Å². The Kier molecular flexibility index (Phi) is 8.83. The predicted octanol–water partition coefficient (Wildman–Crippen LogP) is 4.56. The number of nitrogens with zero attached hydrogens (tertiary/aromatic N) is 2. The molecule has 38 heavy (non-hydrogen) atoms. The lowest BCUT2D eigenvalue weighted by Gasteiger charge is -2.53. The van der Waals surface area contributed by atoms with Gasteiger partial charge in [-0.15, -0.1) is 0 Å². The van der Waals surface area contributed by atoms with E-state index in [9.17, 15) is 10.1 Å². The smallest absolute Gasteiger partial charge is 0.414 e. The lowest BCUT2D eigenvalue weighted by Crippen LogP contribution is -2.60. The van der Waals surface area contributed by atoms with E-state index in [1.54, 1.807) is 12.1 Å². The second kappa shape index (κ2) is 12.4. The number of nitro groups is 1. The molecule has 0 radical (unpaired) electrons. The zero-order valence-electron chi connectivity index (χ0n) is 20.8. The monoisotopic (exact) mass is 518 g/mol. The maximum Gasteiger partial charge on any atom is 0.414 e. The molecule has 9 nitrogen and oxygen atoms in total. The number of rotatable bonds is 7. The van der Waals surface area contributed by atoms with Gasteiger partial charge in [-0.2, -0.15) is 0 Å². The van der Waals surface area contributed by atoms with Gasteiger partial charge in [-0.05, 0) is 48.5 Å². The molecule has 3 saturated heterocycles. The highest BCUT2D eigenvalue weighted by Crippen LogP contribution is 2.43. The number of hydrogen-bond acceptors (Lipinski definition) is 6. The van der Waals surface area contributed by atoms with Crippen LogP contribution >= 0.6 is 0 Å². The summed E-state index contributed by atoms with van der Waals surface area (Å²) in [4.78, 5) is 31.6. The molecular weight excluding hydrogens is 488 g/mol. The lowest BCUT2D eigenvalue weighted by molar-refractivity contribution is -0.385. The molecular formula is C29H30N2O7. The Labute approximate surface area is 220 Å². The van der Waals surface area contributed by atoms with Crippen molar-refractivity contribution in [2.75, 3.05) is 13.1 Å². The molecule has 2 bridgehead atoms. The topological polar surface area (TPSA) is 130 Å². The van der Waals surface area contributed by atoms with E-state index in [2.05, 4.69) is 65.6 Å². The van der Waals surface area contributed by atoms with Gasteiger partial charge in [0, 0.05) is 24.1 Å². The Morgan fingerprint density at radius 3 is 1.95 bits per heavy atom. The Morgan fingerprint density at radius 1 is 0.895 bits per heavy atom. The Bertz CT molecular complexity index is 1190. The van der Waals surface area contributed by atoms with Crippen molar-refractivity contribution in [2.24, 2.45) is 5.92 Å². The van der Waals surface area contributed by atoms with Crippen LogP contribution in [0, 0.1) is 16.0 Å². The van der Waals surface area contributed by atoms with Crippen LogP contribution in [0.4, 0.5) is 5.69 Å². The van der Waals surface area contributed by atoms with Crippen molar-refractivity contribution in [2.45, 2.75) is 37.5 Å². The second-order valence-electron chi connectivity index (χ2n) is 9.48. The molecule has 0 aliphatic carbocycles. The van der Waals surface area contributed by atoms with Gasteiger partial charge in [-0.25, -0.2) is 9.59 Å². The third kappa shape index (κ3) is 6.42. The second-order valence-corrected chi connectivity index (χ2v) is 9.48. The maximum absolute atomic E-state index is 11.2. The summed E-state index contributed by atoms with van der Waals surface area (Å²) < 4.78 is 6.61. The average molecular weight is 519 g/mol. The SMILES string of the molecule is O=C(O)C(=O)O.O=[N+]([O-])c1cccc(CO[C@@H]2C3CCN(CC3)[C@@H]2C(c2ccccc2)c2ccccc2)c1. The minimum absolute atomic E-state index is 0.0853. The Morgan fingerprint density at radius 2 is 1.45 bits per heavy atom. The fourth-order valence-corrected chi connectivity index (χ4v) is 5.53. The molecule has 0 saturated carbocycles. The zero-order chi connectivity index (χ0) is 27.1. The van der Waals surface area contributed by atoms with Crippen LogP contribution in [0.3, 0.4) is 0 Å².